The molecule has 0 atom stereocenters. The van der Waals surface area contributed by atoms with Crippen molar-refractivity contribution in [3.8, 4) is 0 Å². The zero-order chi connectivity index (χ0) is 18.2. The average molecular weight is 351 g/mol. The summed E-state index contributed by atoms with van der Waals surface area (Å²) < 4.78 is 6.49. The summed E-state index contributed by atoms with van der Waals surface area (Å²) in [6.07, 6.45) is 2.13. The van der Waals surface area contributed by atoms with Crippen molar-refractivity contribution in [3.05, 3.63) is 84.4 Å². The lowest BCUT2D eigenvalue weighted by molar-refractivity contribution is 0.662. The molecule has 1 aromatic heterocycles. The van der Waals surface area contributed by atoms with E-state index in [1.165, 1.54) is 27.1 Å². The third-order valence-corrected chi connectivity index (χ3v) is 5.14. The Bertz CT molecular complexity index is 1250. The highest BCUT2D eigenvalue weighted by molar-refractivity contribution is 6.22. The van der Waals surface area contributed by atoms with Crippen LogP contribution in [0.15, 0.2) is 83.3 Å². The predicted octanol–water partition coefficient (Wildman–Crippen LogP) is 7.44. The molecule has 132 valence electrons. The molecule has 0 radical (unpaired) electrons. The van der Waals surface area contributed by atoms with Gasteiger partial charge in [-0.2, -0.15) is 0 Å². The lowest BCUT2D eigenvalue weighted by Gasteiger charge is -2.09. The number of nitrogens with one attached hydrogen (secondary N) is 1. The minimum atomic E-state index is 0.927. The van der Waals surface area contributed by atoms with Gasteiger partial charge in [-0.1, -0.05) is 74.0 Å². The standard InChI is InChI=1S/C25H21NO/c1-2-9-17-11-8-15-21-23-20-14-7-6-10-18(20)16-22(25(23)27-24(17)21)26-19-12-4-3-5-13-19/h3-8,10-16,26H,2,9H2,1H3. The first-order valence-corrected chi connectivity index (χ1v) is 9.53. The van der Waals surface area contributed by atoms with Crippen LogP contribution in [-0.2, 0) is 6.42 Å². The molecule has 0 aliphatic carbocycles. The summed E-state index contributed by atoms with van der Waals surface area (Å²) in [5, 5.41) is 8.40. The molecule has 0 fully saturated rings. The second-order valence-electron chi connectivity index (χ2n) is 6.99. The van der Waals surface area contributed by atoms with Crippen molar-refractivity contribution in [1.29, 1.82) is 0 Å². The molecule has 0 unspecified atom stereocenters. The normalized spacial score (nSPS) is 11.4. The second-order valence-corrected chi connectivity index (χ2v) is 6.99. The van der Waals surface area contributed by atoms with Gasteiger partial charge in [-0.05, 0) is 41.0 Å². The van der Waals surface area contributed by atoms with E-state index in [0.29, 0.717) is 0 Å². The lowest BCUT2D eigenvalue weighted by Crippen LogP contribution is -1.90. The highest BCUT2D eigenvalue weighted by atomic mass is 16.3. The fraction of sp³-hybridized carbons (Fsp3) is 0.120. The zero-order valence-electron chi connectivity index (χ0n) is 15.3. The van der Waals surface area contributed by atoms with E-state index >= 15 is 0 Å². The fourth-order valence-corrected chi connectivity index (χ4v) is 3.94. The molecule has 1 heterocycles. The number of hydrogen-bond donors (Lipinski definition) is 1. The second kappa shape index (κ2) is 6.48. The van der Waals surface area contributed by atoms with Gasteiger partial charge in [0.15, 0.2) is 5.58 Å². The van der Waals surface area contributed by atoms with Crippen LogP contribution in [0.5, 0.6) is 0 Å². The van der Waals surface area contributed by atoms with Gasteiger partial charge >= 0.3 is 0 Å². The van der Waals surface area contributed by atoms with E-state index in [-0.39, 0.29) is 0 Å². The van der Waals surface area contributed by atoms with E-state index in [1.54, 1.807) is 0 Å². The van der Waals surface area contributed by atoms with Crippen LogP contribution >= 0.6 is 0 Å². The molecule has 0 saturated heterocycles. The zero-order valence-corrected chi connectivity index (χ0v) is 15.3. The Morgan fingerprint density at radius 2 is 1.56 bits per heavy atom. The summed E-state index contributed by atoms with van der Waals surface area (Å²) in [4.78, 5) is 0. The van der Waals surface area contributed by atoms with Crippen LogP contribution in [0.1, 0.15) is 18.9 Å². The van der Waals surface area contributed by atoms with Crippen LogP contribution in [-0.4, -0.2) is 0 Å². The van der Waals surface area contributed by atoms with Crippen molar-refractivity contribution in [2.75, 3.05) is 5.32 Å². The molecular formula is C25H21NO. The maximum Gasteiger partial charge on any atom is 0.159 e. The number of para-hydroxylation sites is 2. The molecule has 0 aliphatic heterocycles. The summed E-state index contributed by atoms with van der Waals surface area (Å²) in [6.45, 7) is 2.21. The van der Waals surface area contributed by atoms with Gasteiger partial charge in [0, 0.05) is 16.5 Å². The van der Waals surface area contributed by atoms with E-state index in [9.17, 15) is 0 Å². The summed E-state index contributed by atoms with van der Waals surface area (Å²) >= 11 is 0. The van der Waals surface area contributed by atoms with Crippen molar-refractivity contribution in [2.45, 2.75) is 19.8 Å². The third kappa shape index (κ3) is 2.65. The van der Waals surface area contributed by atoms with E-state index < -0.39 is 0 Å². The number of aryl methyl sites for hydroxylation is 1. The van der Waals surface area contributed by atoms with Crippen molar-refractivity contribution in [1.82, 2.24) is 0 Å². The molecule has 4 aromatic carbocycles. The number of rotatable bonds is 4. The van der Waals surface area contributed by atoms with Gasteiger partial charge in [0.1, 0.15) is 5.58 Å². The van der Waals surface area contributed by atoms with Crippen LogP contribution in [0.3, 0.4) is 0 Å². The molecule has 5 aromatic rings. The van der Waals surface area contributed by atoms with Gasteiger partial charge in [-0.15, -0.1) is 0 Å². The van der Waals surface area contributed by atoms with Gasteiger partial charge in [-0.25, -0.2) is 0 Å². The highest BCUT2D eigenvalue weighted by Crippen LogP contribution is 2.41. The van der Waals surface area contributed by atoms with Crippen LogP contribution in [0, 0.1) is 0 Å². The largest absolute Gasteiger partial charge is 0.454 e. The van der Waals surface area contributed by atoms with Crippen LogP contribution in [0.2, 0.25) is 0 Å². The maximum absolute atomic E-state index is 6.49. The molecule has 1 N–H and O–H groups in total. The van der Waals surface area contributed by atoms with Crippen LogP contribution < -0.4 is 5.32 Å². The monoisotopic (exact) mass is 351 g/mol. The van der Waals surface area contributed by atoms with Gasteiger partial charge in [0.2, 0.25) is 0 Å². The minimum absolute atomic E-state index is 0.927. The first-order valence-electron chi connectivity index (χ1n) is 9.53. The first-order chi connectivity index (χ1) is 13.3. The molecular weight excluding hydrogens is 330 g/mol. The van der Waals surface area contributed by atoms with E-state index in [4.69, 9.17) is 4.42 Å². The predicted molar refractivity (Wildman–Crippen MR) is 115 cm³/mol. The molecule has 27 heavy (non-hydrogen) atoms. The quantitative estimate of drug-likeness (QED) is 0.364. The molecule has 0 saturated carbocycles. The third-order valence-electron chi connectivity index (χ3n) is 5.14. The average Bonchev–Trinajstić information content (AvgIpc) is 3.11. The topological polar surface area (TPSA) is 25.2 Å². The Balaban J connectivity index is 1.86. The minimum Gasteiger partial charge on any atom is -0.454 e. The van der Waals surface area contributed by atoms with Crippen molar-refractivity contribution < 1.29 is 4.42 Å². The Morgan fingerprint density at radius 1 is 0.778 bits per heavy atom. The van der Waals surface area contributed by atoms with E-state index in [1.807, 2.05) is 18.2 Å². The SMILES string of the molecule is CCCc1cccc2c1oc1c(Nc3ccccc3)cc3ccccc3c12. The Labute approximate surface area is 158 Å². The van der Waals surface area contributed by atoms with E-state index in [0.717, 1.165) is 35.4 Å². The first kappa shape index (κ1) is 16.0. The summed E-state index contributed by atoms with van der Waals surface area (Å²) in [5.74, 6) is 0. The Morgan fingerprint density at radius 3 is 2.41 bits per heavy atom. The molecule has 2 heteroatoms. The van der Waals surface area contributed by atoms with Gasteiger partial charge in [0.05, 0.1) is 5.69 Å². The maximum atomic E-state index is 6.49. The Hall–Kier alpha value is -3.26. The molecule has 0 aliphatic rings. The summed E-state index contributed by atoms with van der Waals surface area (Å²) in [7, 11) is 0. The molecule has 0 bridgehead atoms. The highest BCUT2D eigenvalue weighted by Gasteiger charge is 2.16. The van der Waals surface area contributed by atoms with Crippen molar-refractivity contribution >= 4 is 44.1 Å². The number of anilines is 2. The van der Waals surface area contributed by atoms with Crippen molar-refractivity contribution in [2.24, 2.45) is 0 Å². The number of hydrogen-bond acceptors (Lipinski definition) is 2. The van der Waals surface area contributed by atoms with Crippen LogP contribution in [0.25, 0.3) is 32.7 Å². The lowest BCUT2D eigenvalue weighted by atomic mass is 10.0. The van der Waals surface area contributed by atoms with Crippen molar-refractivity contribution in [3.63, 3.8) is 0 Å². The van der Waals surface area contributed by atoms with Gasteiger partial charge < -0.3 is 9.73 Å². The summed E-state index contributed by atoms with van der Waals surface area (Å²) in [6, 6.07) is 27.5. The molecule has 5 rings (SSSR count). The van der Waals surface area contributed by atoms with Crippen LogP contribution in [0.4, 0.5) is 11.4 Å². The number of furan rings is 1. The fourth-order valence-electron chi connectivity index (χ4n) is 3.94. The van der Waals surface area contributed by atoms with E-state index in [2.05, 4.69) is 72.9 Å². The summed E-state index contributed by atoms with van der Waals surface area (Å²) in [5.41, 5.74) is 5.29. The van der Waals surface area contributed by atoms with Gasteiger partial charge in [-0.3, -0.25) is 0 Å². The number of benzene rings is 4. The number of fused-ring (bicyclic) bond motifs is 5. The smallest absolute Gasteiger partial charge is 0.159 e. The van der Waals surface area contributed by atoms with Gasteiger partial charge in [0.25, 0.3) is 0 Å². The Kier molecular flexibility index (Phi) is 3.83. The molecule has 2 nitrogen and oxygen atoms in total. The molecule has 0 amide bonds. The molecule has 0 spiro atoms.